The minimum atomic E-state index is -1.14. The number of rotatable bonds is 9. The number of nitrogens with two attached hydrogens (primary N) is 1. The maximum Gasteiger partial charge on any atom is 0.327 e. The molecule has 2 aromatic carbocycles. The normalized spacial score (nSPS) is 27.5. The smallest absolute Gasteiger partial charge is 0.327 e. The second-order valence-corrected chi connectivity index (χ2v) is 18.3. The molecule has 5 aliphatic heterocycles. The summed E-state index contributed by atoms with van der Waals surface area (Å²) in [5.41, 5.74) is 7.07. The molecular formula is C36H42N8O10S2. The Balaban J connectivity index is 0.000000198. The predicted molar refractivity (Wildman–Crippen MR) is 203 cm³/mol. The van der Waals surface area contributed by atoms with Crippen molar-refractivity contribution < 1.29 is 48.6 Å². The van der Waals surface area contributed by atoms with Crippen LogP contribution < -0.4 is 27.0 Å². The van der Waals surface area contributed by atoms with Gasteiger partial charge in [-0.15, -0.1) is 23.5 Å². The molecule has 56 heavy (non-hydrogen) atoms. The third-order valence-corrected chi connectivity index (χ3v) is 13.3. The molecule has 18 nitrogen and oxygen atoms in total. The molecule has 0 radical (unpaired) electrons. The molecule has 2 aromatic rings. The molecule has 0 bridgehead atoms. The minimum absolute atomic E-state index is 0.175. The van der Waals surface area contributed by atoms with Crippen molar-refractivity contribution in [1.29, 1.82) is 0 Å². The Hall–Kier alpha value is -5.34. The highest BCUT2D eigenvalue weighted by molar-refractivity contribution is 8.02. The van der Waals surface area contributed by atoms with Crippen LogP contribution in [-0.2, 0) is 28.8 Å². The number of β-lactam (4-membered cyclic amide) rings is 2. The summed E-state index contributed by atoms with van der Waals surface area (Å²) in [5, 5.41) is 28.4. The molecule has 5 fully saturated rings. The van der Waals surface area contributed by atoms with Gasteiger partial charge in [-0.3, -0.25) is 19.2 Å². The third-order valence-electron chi connectivity index (χ3n) is 10.2. The van der Waals surface area contributed by atoms with E-state index >= 15 is 0 Å². The lowest BCUT2D eigenvalue weighted by Crippen LogP contribution is -2.71. The molecule has 8 amide bonds. The molecule has 5 heterocycles. The number of carboxylic acids is 2. The van der Waals surface area contributed by atoms with E-state index in [1.165, 1.54) is 33.3 Å². The number of amides is 8. The quantitative estimate of drug-likeness (QED) is 0.170. The Bertz CT molecular complexity index is 1950. The topological polar surface area (TPSA) is 261 Å². The monoisotopic (exact) mass is 810 g/mol. The summed E-state index contributed by atoms with van der Waals surface area (Å²) in [7, 11) is 0. The molecule has 0 aliphatic carbocycles. The molecule has 7 rings (SSSR count). The fourth-order valence-electron chi connectivity index (χ4n) is 7.39. The van der Waals surface area contributed by atoms with Crippen molar-refractivity contribution in [1.82, 2.24) is 36.0 Å². The number of aliphatic carboxylic acids is 2. The van der Waals surface area contributed by atoms with Crippen LogP contribution in [0.15, 0.2) is 60.7 Å². The summed E-state index contributed by atoms with van der Waals surface area (Å²) in [5.74, 6) is -4.06. The number of benzene rings is 2. The van der Waals surface area contributed by atoms with Crippen LogP contribution in [0.1, 0.15) is 50.9 Å². The van der Waals surface area contributed by atoms with E-state index in [2.05, 4.69) is 21.3 Å². The number of carbonyl (C=O) groups excluding carboxylic acids is 6. The van der Waals surface area contributed by atoms with Crippen molar-refractivity contribution >= 4 is 71.2 Å². The molecule has 298 valence electrons. The van der Waals surface area contributed by atoms with E-state index in [1.807, 2.05) is 6.07 Å². The van der Waals surface area contributed by atoms with Crippen molar-refractivity contribution in [3.8, 4) is 0 Å². The number of hydrogen-bond acceptors (Lipinski definition) is 11. The van der Waals surface area contributed by atoms with E-state index in [4.69, 9.17) is 5.73 Å². The average molecular weight is 811 g/mol. The molecule has 0 unspecified atom stereocenters. The summed E-state index contributed by atoms with van der Waals surface area (Å²) in [4.78, 5) is 102. The Morgan fingerprint density at radius 1 is 0.750 bits per heavy atom. The van der Waals surface area contributed by atoms with Gasteiger partial charge in [-0.2, -0.15) is 0 Å². The molecule has 20 heteroatoms. The van der Waals surface area contributed by atoms with Crippen molar-refractivity contribution in [3.63, 3.8) is 0 Å². The highest BCUT2D eigenvalue weighted by Gasteiger charge is 2.65. The van der Waals surface area contributed by atoms with Crippen molar-refractivity contribution in [3.05, 3.63) is 71.8 Å². The van der Waals surface area contributed by atoms with Crippen LogP contribution in [0.3, 0.4) is 0 Å². The number of carboxylic acid groups (broad SMARTS) is 2. The number of nitrogens with one attached hydrogen (secondary N) is 4. The van der Waals surface area contributed by atoms with Crippen molar-refractivity contribution in [2.75, 3.05) is 13.1 Å². The molecule has 5 saturated heterocycles. The van der Waals surface area contributed by atoms with Crippen LogP contribution in [0.4, 0.5) is 9.59 Å². The lowest BCUT2D eigenvalue weighted by molar-refractivity contribution is -0.161. The van der Waals surface area contributed by atoms with Gasteiger partial charge in [0.15, 0.2) is 0 Å². The minimum Gasteiger partial charge on any atom is -0.480 e. The SMILES string of the molecule is CC1(C)S[C@@H]2[C@H](NC(=O)[C@H](N)c3ccccc3)C(=O)N2[C@H]1C(=O)O.CC1(C)S[C@@H]2[C@H](NC(=O)[C@H](NC(=O)N3CCNC3=O)c3ccccc3)C(=O)N2[C@H]1C(=O)O. The number of imide groups is 1. The number of thioether (sulfide) groups is 2. The summed E-state index contributed by atoms with van der Waals surface area (Å²) >= 11 is 2.70. The van der Waals surface area contributed by atoms with Gasteiger partial charge >= 0.3 is 24.0 Å². The molecule has 0 spiro atoms. The Morgan fingerprint density at radius 3 is 1.62 bits per heavy atom. The summed E-state index contributed by atoms with van der Waals surface area (Å²) in [6.45, 7) is 7.56. The Kier molecular flexibility index (Phi) is 11.0. The van der Waals surface area contributed by atoms with Gasteiger partial charge in [-0.05, 0) is 38.8 Å². The van der Waals surface area contributed by atoms with Crippen LogP contribution in [0.25, 0.3) is 0 Å². The third kappa shape index (κ3) is 7.35. The van der Waals surface area contributed by atoms with Gasteiger partial charge in [0.2, 0.25) is 23.6 Å². The first-order chi connectivity index (χ1) is 26.4. The van der Waals surface area contributed by atoms with Gasteiger partial charge in [0.05, 0.1) is 0 Å². The summed E-state index contributed by atoms with van der Waals surface area (Å²) in [6.07, 6.45) is 0. The predicted octanol–water partition coefficient (Wildman–Crippen LogP) is 0.412. The summed E-state index contributed by atoms with van der Waals surface area (Å²) < 4.78 is -1.34. The molecule has 8 N–H and O–H groups in total. The first-order valence-corrected chi connectivity index (χ1v) is 19.4. The maximum atomic E-state index is 13.1. The molecule has 8 atom stereocenters. The number of hydrogen-bond donors (Lipinski definition) is 7. The fraction of sp³-hybridized carbons (Fsp3) is 0.444. The second kappa shape index (κ2) is 15.3. The molecule has 5 aliphatic rings. The zero-order valence-electron chi connectivity index (χ0n) is 30.7. The van der Waals surface area contributed by atoms with E-state index in [0.29, 0.717) is 17.7 Å². The van der Waals surface area contributed by atoms with Crippen LogP contribution in [-0.4, -0.2) is 130 Å². The Morgan fingerprint density at radius 2 is 1.20 bits per heavy atom. The number of fused-ring (bicyclic) bond motifs is 2. The van der Waals surface area contributed by atoms with E-state index in [9.17, 15) is 48.6 Å². The van der Waals surface area contributed by atoms with Crippen molar-refractivity contribution in [2.45, 2.75) is 84.2 Å². The van der Waals surface area contributed by atoms with Gasteiger partial charge in [-0.1, -0.05) is 60.7 Å². The van der Waals surface area contributed by atoms with Gasteiger partial charge in [-0.25, -0.2) is 24.1 Å². The lowest BCUT2D eigenvalue weighted by Gasteiger charge is -2.44. The zero-order valence-corrected chi connectivity index (χ0v) is 32.3. The number of nitrogens with zero attached hydrogens (tertiary/aromatic N) is 3. The highest BCUT2D eigenvalue weighted by atomic mass is 32.2. The fourth-order valence-corrected chi connectivity index (χ4v) is 10.6. The second-order valence-electron chi connectivity index (χ2n) is 14.7. The number of carbonyl (C=O) groups is 8. The first kappa shape index (κ1) is 40.3. The first-order valence-electron chi connectivity index (χ1n) is 17.6. The van der Waals surface area contributed by atoms with E-state index in [0.717, 1.165) is 4.90 Å². The van der Waals surface area contributed by atoms with E-state index in [-0.39, 0.29) is 17.8 Å². The standard InChI is InChI=1S/C20H23N5O6S.C16H19N3O4S/c1-20(2)13(17(28)29)25-15(27)12(16(25)32-20)22-14(26)11(10-6-4-3-5-7-10)23-19(31)24-9-8-21-18(24)30;1-16(2)11(15(22)23)19-13(21)10(14(19)24-16)18-12(20)9(17)8-6-4-3-5-7-8/h3-7,11-13,16H,8-9H2,1-2H3,(H,21,30)(H,22,26)(H,23,31)(H,28,29);3-7,9-11,14H,17H2,1-2H3,(H,18,20)(H,22,23)/t11-,12-,13+,16-;9-,10-,11+,14-/m11/s1. The summed E-state index contributed by atoms with van der Waals surface area (Å²) in [6, 6.07) is 10.5. The highest BCUT2D eigenvalue weighted by Crippen LogP contribution is 2.52. The average Bonchev–Trinajstić information content (AvgIpc) is 3.79. The maximum absolute atomic E-state index is 13.1. The van der Waals surface area contributed by atoms with Crippen LogP contribution in [0.5, 0.6) is 0 Å². The van der Waals surface area contributed by atoms with Gasteiger partial charge < -0.3 is 47.0 Å². The molecule has 0 saturated carbocycles. The van der Waals surface area contributed by atoms with Crippen LogP contribution in [0.2, 0.25) is 0 Å². The van der Waals surface area contributed by atoms with Gasteiger partial charge in [0.25, 0.3) is 0 Å². The van der Waals surface area contributed by atoms with Crippen LogP contribution in [0, 0.1) is 0 Å². The van der Waals surface area contributed by atoms with Crippen molar-refractivity contribution in [2.24, 2.45) is 5.73 Å². The van der Waals surface area contributed by atoms with Gasteiger partial charge in [0.1, 0.15) is 47.0 Å². The van der Waals surface area contributed by atoms with E-state index < -0.39 is 92.8 Å². The number of urea groups is 2. The van der Waals surface area contributed by atoms with Crippen LogP contribution >= 0.6 is 23.5 Å². The van der Waals surface area contributed by atoms with E-state index in [1.54, 1.807) is 82.3 Å². The molecule has 0 aromatic heterocycles. The Labute approximate surface area is 329 Å². The largest absolute Gasteiger partial charge is 0.480 e. The molecular weight excluding hydrogens is 769 g/mol. The van der Waals surface area contributed by atoms with Gasteiger partial charge in [0, 0.05) is 22.6 Å². The zero-order chi connectivity index (χ0) is 40.9. The lowest BCUT2D eigenvalue weighted by atomic mass is 9.95.